The smallest absolute Gasteiger partial charge is 0.224 e. The van der Waals surface area contributed by atoms with Gasteiger partial charge in [-0.05, 0) is 19.8 Å². The summed E-state index contributed by atoms with van der Waals surface area (Å²) < 4.78 is 0. The molecule has 16 heavy (non-hydrogen) atoms. The fourth-order valence-electron chi connectivity index (χ4n) is 1.67. The number of carbonyl (C=O) groups excluding carboxylic acids is 2. The van der Waals surface area contributed by atoms with Gasteiger partial charge in [-0.15, -0.1) is 0 Å². The molecular weight excluding hydrogens is 202 g/mol. The second-order valence-corrected chi connectivity index (χ2v) is 3.94. The molecule has 0 aromatic rings. The Morgan fingerprint density at radius 1 is 1.38 bits per heavy atom. The van der Waals surface area contributed by atoms with Gasteiger partial charge in [0.2, 0.25) is 5.91 Å². The Hall–Kier alpha value is -1.12. The zero-order valence-electron chi connectivity index (χ0n) is 10.5. The van der Waals surface area contributed by atoms with Gasteiger partial charge in [0.1, 0.15) is 6.29 Å². The van der Waals surface area contributed by atoms with Crippen molar-refractivity contribution in [2.75, 3.05) is 0 Å². The van der Waals surface area contributed by atoms with Crippen molar-refractivity contribution < 1.29 is 9.59 Å². The quantitative estimate of drug-likeness (QED) is 0.509. The molecule has 1 amide bonds. The minimum Gasteiger partial charge on any atom is -0.352 e. The maximum atomic E-state index is 11.5. The van der Waals surface area contributed by atoms with E-state index in [9.17, 15) is 9.59 Å². The van der Waals surface area contributed by atoms with Gasteiger partial charge in [-0.2, -0.15) is 0 Å². The van der Waals surface area contributed by atoms with E-state index < -0.39 is 0 Å². The minimum absolute atomic E-state index is 0.00292. The van der Waals surface area contributed by atoms with Crippen LogP contribution >= 0.6 is 0 Å². The molecule has 0 radical (unpaired) electrons. The van der Waals surface area contributed by atoms with Gasteiger partial charge in [-0.25, -0.2) is 0 Å². The van der Waals surface area contributed by atoms with Crippen LogP contribution in [0.3, 0.4) is 0 Å². The van der Waals surface area contributed by atoms with E-state index in [0.29, 0.717) is 6.42 Å². The predicted octanol–water partition coefficient (Wildman–Crippen LogP) is 2.46. The van der Waals surface area contributed by atoms with Crippen molar-refractivity contribution in [3.05, 3.63) is 12.2 Å². The predicted molar refractivity (Wildman–Crippen MR) is 66.1 cm³/mol. The number of hydrogen-bond acceptors (Lipinski definition) is 2. The maximum absolute atomic E-state index is 11.5. The standard InChI is InChI=1S/C13H23NO2/c1-4-7-9-13(16)14-12(8-5-2)11(6-3)10-15/h4,7,10-12H,5-6,8-9H2,1-3H3,(H,14,16)/b7-4+. The first-order valence-corrected chi connectivity index (χ1v) is 6.05. The average molecular weight is 225 g/mol. The van der Waals surface area contributed by atoms with E-state index in [4.69, 9.17) is 0 Å². The molecule has 92 valence electrons. The first-order valence-electron chi connectivity index (χ1n) is 6.05. The van der Waals surface area contributed by atoms with E-state index >= 15 is 0 Å². The van der Waals surface area contributed by atoms with Crippen LogP contribution in [0.15, 0.2) is 12.2 Å². The van der Waals surface area contributed by atoms with E-state index in [1.165, 1.54) is 0 Å². The molecule has 0 saturated heterocycles. The van der Waals surface area contributed by atoms with Crippen LogP contribution in [0.4, 0.5) is 0 Å². The zero-order chi connectivity index (χ0) is 12.4. The van der Waals surface area contributed by atoms with E-state index in [-0.39, 0.29) is 17.9 Å². The van der Waals surface area contributed by atoms with Crippen molar-refractivity contribution in [1.82, 2.24) is 5.32 Å². The highest BCUT2D eigenvalue weighted by Gasteiger charge is 2.19. The fourth-order valence-corrected chi connectivity index (χ4v) is 1.67. The Labute approximate surface area is 98.3 Å². The van der Waals surface area contributed by atoms with Crippen LogP contribution in [0.2, 0.25) is 0 Å². The van der Waals surface area contributed by atoms with Gasteiger partial charge in [-0.1, -0.05) is 32.4 Å². The van der Waals surface area contributed by atoms with Gasteiger partial charge in [0.15, 0.2) is 0 Å². The Morgan fingerprint density at radius 2 is 2.06 bits per heavy atom. The molecule has 0 heterocycles. The van der Waals surface area contributed by atoms with Crippen molar-refractivity contribution in [2.45, 2.75) is 52.5 Å². The molecule has 2 unspecified atom stereocenters. The SMILES string of the molecule is C/C=C/CC(=O)NC(CCC)C(C=O)CC. The molecular formula is C13H23NO2. The molecule has 0 aromatic heterocycles. The third-order valence-electron chi connectivity index (χ3n) is 2.65. The maximum Gasteiger partial charge on any atom is 0.224 e. The topological polar surface area (TPSA) is 46.2 Å². The van der Waals surface area contributed by atoms with Gasteiger partial charge >= 0.3 is 0 Å². The van der Waals surface area contributed by atoms with Gasteiger partial charge in [-0.3, -0.25) is 4.79 Å². The summed E-state index contributed by atoms with van der Waals surface area (Å²) in [6, 6.07) is -0.00902. The normalized spacial score (nSPS) is 14.7. The molecule has 3 heteroatoms. The van der Waals surface area contributed by atoms with Crippen molar-refractivity contribution in [1.29, 1.82) is 0 Å². The average Bonchev–Trinajstić information content (AvgIpc) is 2.28. The van der Waals surface area contributed by atoms with Crippen LogP contribution in [0, 0.1) is 5.92 Å². The summed E-state index contributed by atoms with van der Waals surface area (Å²) in [5.41, 5.74) is 0. The number of carbonyl (C=O) groups is 2. The Kier molecular flexibility index (Phi) is 8.49. The first-order chi connectivity index (χ1) is 7.69. The van der Waals surface area contributed by atoms with Crippen LogP contribution in [-0.2, 0) is 9.59 Å². The van der Waals surface area contributed by atoms with Crippen molar-refractivity contribution in [3.8, 4) is 0 Å². The van der Waals surface area contributed by atoms with E-state index in [1.54, 1.807) is 0 Å². The third-order valence-corrected chi connectivity index (χ3v) is 2.65. The lowest BCUT2D eigenvalue weighted by Gasteiger charge is -2.22. The van der Waals surface area contributed by atoms with E-state index in [2.05, 4.69) is 12.2 Å². The summed E-state index contributed by atoms with van der Waals surface area (Å²) in [7, 11) is 0. The Morgan fingerprint density at radius 3 is 2.50 bits per heavy atom. The van der Waals surface area contributed by atoms with Crippen molar-refractivity contribution in [2.24, 2.45) is 5.92 Å². The van der Waals surface area contributed by atoms with Gasteiger partial charge in [0, 0.05) is 18.4 Å². The molecule has 0 aliphatic rings. The lowest BCUT2D eigenvalue weighted by molar-refractivity contribution is -0.121. The molecule has 0 aromatic carbocycles. The molecule has 0 bridgehead atoms. The summed E-state index contributed by atoms with van der Waals surface area (Å²) in [4.78, 5) is 22.4. The van der Waals surface area contributed by atoms with Gasteiger partial charge in [0.05, 0.1) is 0 Å². The summed E-state index contributed by atoms with van der Waals surface area (Å²) in [5, 5.41) is 2.93. The molecule has 3 nitrogen and oxygen atoms in total. The second kappa shape index (κ2) is 9.13. The number of allylic oxidation sites excluding steroid dienone is 1. The summed E-state index contributed by atoms with van der Waals surface area (Å²) in [5.74, 6) is -0.0636. The van der Waals surface area contributed by atoms with Gasteiger partial charge in [0.25, 0.3) is 0 Å². The molecule has 1 N–H and O–H groups in total. The number of amides is 1. The first kappa shape index (κ1) is 14.9. The second-order valence-electron chi connectivity index (χ2n) is 3.94. The molecule has 0 aliphatic heterocycles. The third kappa shape index (κ3) is 5.69. The molecule has 0 saturated carbocycles. The number of rotatable bonds is 8. The van der Waals surface area contributed by atoms with Crippen LogP contribution in [0.1, 0.15) is 46.5 Å². The molecule has 0 rings (SSSR count). The molecule has 0 spiro atoms. The molecule has 0 fully saturated rings. The summed E-state index contributed by atoms with van der Waals surface area (Å²) >= 11 is 0. The Bertz CT molecular complexity index is 236. The summed E-state index contributed by atoms with van der Waals surface area (Å²) in [6.45, 7) is 5.92. The van der Waals surface area contributed by atoms with Crippen molar-refractivity contribution >= 4 is 12.2 Å². The van der Waals surface area contributed by atoms with Crippen LogP contribution in [0.25, 0.3) is 0 Å². The fraction of sp³-hybridized carbons (Fsp3) is 0.692. The highest BCUT2D eigenvalue weighted by atomic mass is 16.1. The number of aldehydes is 1. The number of nitrogens with one attached hydrogen (secondary N) is 1. The Balaban J connectivity index is 4.30. The van der Waals surface area contributed by atoms with E-state index in [0.717, 1.165) is 25.5 Å². The van der Waals surface area contributed by atoms with Crippen molar-refractivity contribution in [3.63, 3.8) is 0 Å². The lowest BCUT2D eigenvalue weighted by atomic mass is 9.94. The highest BCUT2D eigenvalue weighted by Crippen LogP contribution is 2.11. The van der Waals surface area contributed by atoms with Gasteiger partial charge < -0.3 is 10.1 Å². The minimum atomic E-state index is -0.0606. The zero-order valence-corrected chi connectivity index (χ0v) is 10.5. The van der Waals surface area contributed by atoms with Crippen LogP contribution in [0.5, 0.6) is 0 Å². The van der Waals surface area contributed by atoms with E-state index in [1.807, 2.05) is 26.0 Å². The highest BCUT2D eigenvalue weighted by molar-refractivity contribution is 5.78. The molecule has 0 aliphatic carbocycles. The van der Waals surface area contributed by atoms with Crippen LogP contribution < -0.4 is 5.32 Å². The largest absolute Gasteiger partial charge is 0.352 e. The summed E-state index contributed by atoms with van der Waals surface area (Å²) in [6.07, 6.45) is 7.63. The lowest BCUT2D eigenvalue weighted by Crippen LogP contribution is -2.40. The molecule has 2 atom stereocenters. The van der Waals surface area contributed by atoms with Crippen LogP contribution in [-0.4, -0.2) is 18.2 Å². The number of hydrogen-bond donors (Lipinski definition) is 1. The monoisotopic (exact) mass is 225 g/mol.